The molecule has 0 aromatic heterocycles. The number of benzene rings is 1. The van der Waals surface area contributed by atoms with Crippen molar-refractivity contribution >= 4 is 17.3 Å². The average molecular weight is 295 g/mol. The highest BCUT2D eigenvalue weighted by Crippen LogP contribution is 2.15. The van der Waals surface area contributed by atoms with Gasteiger partial charge in [-0.2, -0.15) is 0 Å². The van der Waals surface area contributed by atoms with Gasteiger partial charge in [-0.1, -0.05) is 0 Å². The topological polar surface area (TPSA) is 93.5 Å². The van der Waals surface area contributed by atoms with E-state index < -0.39 is 4.92 Å². The fourth-order valence-electron chi connectivity index (χ4n) is 1.82. The number of nitrogens with zero attached hydrogens (tertiary/aromatic N) is 1. The minimum atomic E-state index is -0.435. The lowest BCUT2D eigenvalue weighted by atomic mass is 10.2. The van der Waals surface area contributed by atoms with E-state index in [1.54, 1.807) is 19.2 Å². The number of hydrogen-bond donors (Lipinski definition) is 2. The van der Waals surface area contributed by atoms with Crippen LogP contribution in [0.5, 0.6) is 0 Å². The van der Waals surface area contributed by atoms with Gasteiger partial charge in [0.15, 0.2) is 0 Å². The van der Waals surface area contributed by atoms with Crippen molar-refractivity contribution in [1.29, 1.82) is 0 Å². The molecule has 7 heteroatoms. The maximum atomic E-state index is 11.6. The van der Waals surface area contributed by atoms with Gasteiger partial charge in [-0.25, -0.2) is 0 Å². The molecule has 0 saturated carbocycles. The number of hydrogen-bond acceptors (Lipinski definition) is 5. The highest BCUT2D eigenvalue weighted by molar-refractivity contribution is 5.76. The zero-order chi connectivity index (χ0) is 15.7. The standard InChI is InChI=1S/C14H21N3O4/c1-11(10-21-2)16-14(18)4-3-9-15-12-5-7-13(8-6-12)17(19)20/h5-8,11,15H,3-4,9-10H2,1-2H3,(H,16,18). The summed E-state index contributed by atoms with van der Waals surface area (Å²) >= 11 is 0. The zero-order valence-corrected chi connectivity index (χ0v) is 12.3. The third kappa shape index (κ3) is 6.71. The maximum absolute atomic E-state index is 11.6. The van der Waals surface area contributed by atoms with Crippen molar-refractivity contribution in [2.45, 2.75) is 25.8 Å². The quantitative estimate of drug-likeness (QED) is 0.412. The summed E-state index contributed by atoms with van der Waals surface area (Å²) in [5, 5.41) is 16.5. The number of rotatable bonds is 9. The Morgan fingerprint density at radius 2 is 2.05 bits per heavy atom. The molecule has 2 N–H and O–H groups in total. The van der Waals surface area contributed by atoms with Gasteiger partial charge in [0.2, 0.25) is 5.91 Å². The molecular formula is C14H21N3O4. The summed E-state index contributed by atoms with van der Waals surface area (Å²) < 4.78 is 4.94. The third-order valence-electron chi connectivity index (χ3n) is 2.81. The Labute approximate surface area is 123 Å². The second-order valence-corrected chi connectivity index (χ2v) is 4.76. The molecule has 7 nitrogen and oxygen atoms in total. The van der Waals surface area contributed by atoms with E-state index in [9.17, 15) is 14.9 Å². The van der Waals surface area contributed by atoms with E-state index in [-0.39, 0.29) is 17.6 Å². The summed E-state index contributed by atoms with van der Waals surface area (Å²) in [4.78, 5) is 21.7. The Kier molecular flexibility index (Phi) is 7.17. The normalized spacial score (nSPS) is 11.7. The fourth-order valence-corrected chi connectivity index (χ4v) is 1.82. The van der Waals surface area contributed by atoms with Gasteiger partial charge in [0.25, 0.3) is 5.69 Å². The van der Waals surface area contributed by atoms with E-state index in [4.69, 9.17) is 4.74 Å². The molecule has 1 unspecified atom stereocenters. The molecule has 1 amide bonds. The van der Waals surface area contributed by atoms with Gasteiger partial charge in [-0.15, -0.1) is 0 Å². The molecule has 0 aliphatic carbocycles. The molecule has 1 rings (SSSR count). The Hall–Kier alpha value is -2.15. The van der Waals surface area contributed by atoms with Crippen LogP contribution in [-0.4, -0.2) is 37.1 Å². The monoisotopic (exact) mass is 295 g/mol. The lowest BCUT2D eigenvalue weighted by Crippen LogP contribution is -2.35. The lowest BCUT2D eigenvalue weighted by molar-refractivity contribution is -0.384. The van der Waals surface area contributed by atoms with E-state index >= 15 is 0 Å². The second kappa shape index (κ2) is 8.91. The minimum Gasteiger partial charge on any atom is -0.385 e. The summed E-state index contributed by atoms with van der Waals surface area (Å²) in [5.74, 6) is -0.00921. The number of non-ortho nitro benzene ring substituents is 1. The summed E-state index contributed by atoms with van der Waals surface area (Å²) in [6, 6.07) is 6.20. The molecule has 1 atom stereocenters. The van der Waals surface area contributed by atoms with Gasteiger partial charge >= 0.3 is 0 Å². The number of amides is 1. The molecule has 0 radical (unpaired) electrons. The van der Waals surface area contributed by atoms with Crippen LogP contribution < -0.4 is 10.6 Å². The number of nitro groups is 1. The largest absolute Gasteiger partial charge is 0.385 e. The zero-order valence-electron chi connectivity index (χ0n) is 12.3. The molecule has 0 fully saturated rings. The van der Waals surface area contributed by atoms with Gasteiger partial charge < -0.3 is 15.4 Å². The highest BCUT2D eigenvalue weighted by atomic mass is 16.6. The minimum absolute atomic E-state index is 0.00475. The third-order valence-corrected chi connectivity index (χ3v) is 2.81. The van der Waals surface area contributed by atoms with Gasteiger partial charge in [0, 0.05) is 43.9 Å². The molecule has 0 spiro atoms. The Morgan fingerprint density at radius 1 is 1.38 bits per heavy atom. The molecule has 21 heavy (non-hydrogen) atoms. The number of nitro benzene ring substituents is 1. The summed E-state index contributed by atoms with van der Waals surface area (Å²) in [6.45, 7) is 3.01. The van der Waals surface area contributed by atoms with Crippen LogP contribution in [0.25, 0.3) is 0 Å². The van der Waals surface area contributed by atoms with Crippen molar-refractivity contribution in [1.82, 2.24) is 5.32 Å². The predicted octanol–water partition coefficient (Wildman–Crippen LogP) is 1.94. The molecule has 0 bridgehead atoms. The van der Waals surface area contributed by atoms with Crippen LogP contribution in [0.2, 0.25) is 0 Å². The van der Waals surface area contributed by atoms with Crippen molar-refractivity contribution in [3.63, 3.8) is 0 Å². The number of nitrogens with one attached hydrogen (secondary N) is 2. The van der Waals surface area contributed by atoms with Crippen LogP contribution in [0, 0.1) is 10.1 Å². The van der Waals surface area contributed by atoms with Crippen LogP contribution in [-0.2, 0) is 9.53 Å². The fraction of sp³-hybridized carbons (Fsp3) is 0.500. The van der Waals surface area contributed by atoms with E-state index in [0.717, 1.165) is 5.69 Å². The van der Waals surface area contributed by atoms with Gasteiger partial charge in [0.05, 0.1) is 11.5 Å². The molecule has 1 aromatic carbocycles. The van der Waals surface area contributed by atoms with Gasteiger partial charge in [0.1, 0.15) is 0 Å². The number of ether oxygens (including phenoxy) is 1. The van der Waals surface area contributed by atoms with Crippen molar-refractivity contribution in [2.24, 2.45) is 0 Å². The molecule has 0 aliphatic rings. The molecule has 1 aromatic rings. The van der Waals surface area contributed by atoms with Crippen molar-refractivity contribution < 1.29 is 14.5 Å². The summed E-state index contributed by atoms with van der Waals surface area (Å²) in [6.07, 6.45) is 1.11. The molecule has 0 heterocycles. The first-order chi connectivity index (χ1) is 10.0. The molecule has 0 aliphatic heterocycles. The first-order valence-electron chi connectivity index (χ1n) is 6.79. The van der Waals surface area contributed by atoms with Crippen molar-refractivity contribution in [3.05, 3.63) is 34.4 Å². The first-order valence-corrected chi connectivity index (χ1v) is 6.79. The molecule has 116 valence electrons. The van der Waals surface area contributed by atoms with E-state index in [0.29, 0.717) is 26.0 Å². The maximum Gasteiger partial charge on any atom is 0.269 e. The number of carbonyl (C=O) groups is 1. The van der Waals surface area contributed by atoms with E-state index in [1.807, 2.05) is 6.92 Å². The van der Waals surface area contributed by atoms with Crippen molar-refractivity contribution in [3.8, 4) is 0 Å². The highest BCUT2D eigenvalue weighted by Gasteiger charge is 2.07. The van der Waals surface area contributed by atoms with Crippen LogP contribution in [0.1, 0.15) is 19.8 Å². The Bertz CT molecular complexity index is 462. The average Bonchev–Trinajstić information content (AvgIpc) is 2.44. The Morgan fingerprint density at radius 3 is 2.62 bits per heavy atom. The van der Waals surface area contributed by atoms with Crippen LogP contribution >= 0.6 is 0 Å². The van der Waals surface area contributed by atoms with Crippen LogP contribution in [0.3, 0.4) is 0 Å². The van der Waals surface area contributed by atoms with Gasteiger partial charge in [-0.3, -0.25) is 14.9 Å². The van der Waals surface area contributed by atoms with E-state index in [1.165, 1.54) is 12.1 Å². The number of anilines is 1. The lowest BCUT2D eigenvalue weighted by Gasteiger charge is -2.12. The SMILES string of the molecule is COCC(C)NC(=O)CCCNc1ccc([N+](=O)[O-])cc1. The summed E-state index contributed by atoms with van der Waals surface area (Å²) in [7, 11) is 1.59. The molecule has 0 saturated heterocycles. The smallest absolute Gasteiger partial charge is 0.269 e. The van der Waals surface area contributed by atoms with Crippen molar-refractivity contribution in [2.75, 3.05) is 25.6 Å². The van der Waals surface area contributed by atoms with E-state index in [2.05, 4.69) is 10.6 Å². The Balaban J connectivity index is 2.21. The first kappa shape index (κ1) is 16.9. The number of carbonyl (C=O) groups excluding carboxylic acids is 1. The molecular weight excluding hydrogens is 274 g/mol. The predicted molar refractivity (Wildman–Crippen MR) is 80.3 cm³/mol. The number of methoxy groups -OCH3 is 1. The summed E-state index contributed by atoms with van der Waals surface area (Å²) in [5.41, 5.74) is 0.862. The van der Waals surface area contributed by atoms with Crippen LogP contribution in [0.15, 0.2) is 24.3 Å². The second-order valence-electron chi connectivity index (χ2n) is 4.76. The van der Waals surface area contributed by atoms with Gasteiger partial charge in [-0.05, 0) is 25.5 Å². The van der Waals surface area contributed by atoms with Crippen LogP contribution in [0.4, 0.5) is 11.4 Å².